The molecule has 1 N–H and O–H groups in total. The van der Waals surface area contributed by atoms with Crippen molar-refractivity contribution in [2.24, 2.45) is 0 Å². The first-order valence-electron chi connectivity index (χ1n) is 6.00. The average molecular weight is 333 g/mol. The van der Waals surface area contributed by atoms with E-state index in [1.165, 1.54) is 6.08 Å². The molecule has 0 aromatic heterocycles. The zero-order chi connectivity index (χ0) is 14.5. The Hall–Kier alpha value is -2.07. The summed E-state index contributed by atoms with van der Waals surface area (Å²) in [6.45, 7) is 1.95. The smallest absolute Gasteiger partial charge is 0.328 e. The molecule has 2 aromatic carbocycles. The normalized spacial score (nSPS) is 10.7. The molecule has 2 aromatic rings. The number of aliphatic carboxylic acids is 1. The third-order valence-corrected chi connectivity index (χ3v) is 3.17. The van der Waals surface area contributed by atoms with Crippen molar-refractivity contribution in [1.82, 2.24) is 0 Å². The first kappa shape index (κ1) is 14.3. The van der Waals surface area contributed by atoms with Crippen molar-refractivity contribution in [3.63, 3.8) is 0 Å². The number of carbonyl (C=O) groups is 1. The summed E-state index contributed by atoms with van der Waals surface area (Å²) in [7, 11) is 0. The summed E-state index contributed by atoms with van der Waals surface area (Å²) in [6, 6.07) is 13.0. The van der Waals surface area contributed by atoms with Crippen LogP contribution >= 0.6 is 15.9 Å². The SMILES string of the molecule is Cc1cc(Br)ccc1Oc1ccccc1C=CC(=O)O. The van der Waals surface area contributed by atoms with Crippen LogP contribution in [0, 0.1) is 6.92 Å². The van der Waals surface area contributed by atoms with Gasteiger partial charge in [0.1, 0.15) is 11.5 Å². The Morgan fingerprint density at radius 1 is 1.20 bits per heavy atom. The lowest BCUT2D eigenvalue weighted by Crippen LogP contribution is -1.91. The van der Waals surface area contributed by atoms with Crippen LogP contribution in [-0.4, -0.2) is 11.1 Å². The van der Waals surface area contributed by atoms with Gasteiger partial charge in [0.05, 0.1) is 0 Å². The van der Waals surface area contributed by atoms with Gasteiger partial charge in [-0.1, -0.05) is 34.1 Å². The molecule has 3 nitrogen and oxygen atoms in total. The lowest BCUT2D eigenvalue weighted by molar-refractivity contribution is -0.131. The van der Waals surface area contributed by atoms with E-state index >= 15 is 0 Å². The van der Waals surface area contributed by atoms with Crippen molar-refractivity contribution in [2.75, 3.05) is 0 Å². The predicted molar refractivity (Wildman–Crippen MR) is 82.1 cm³/mol. The standard InChI is InChI=1S/C16H13BrO3/c1-11-10-13(17)7-8-14(11)20-15-5-3-2-4-12(15)6-9-16(18)19/h2-10H,1H3,(H,18,19). The van der Waals surface area contributed by atoms with Gasteiger partial charge in [0.25, 0.3) is 0 Å². The lowest BCUT2D eigenvalue weighted by atomic mass is 10.1. The maximum Gasteiger partial charge on any atom is 0.328 e. The fourth-order valence-electron chi connectivity index (χ4n) is 1.72. The maximum absolute atomic E-state index is 10.6. The number of carboxylic acids is 1. The van der Waals surface area contributed by atoms with Crippen molar-refractivity contribution < 1.29 is 14.6 Å². The van der Waals surface area contributed by atoms with Crippen LogP contribution in [0.2, 0.25) is 0 Å². The Kier molecular flexibility index (Phi) is 4.58. The predicted octanol–water partition coefficient (Wildman–Crippen LogP) is 4.65. The van der Waals surface area contributed by atoms with E-state index in [1.54, 1.807) is 0 Å². The van der Waals surface area contributed by atoms with E-state index < -0.39 is 5.97 Å². The van der Waals surface area contributed by atoms with Crippen LogP contribution in [0.4, 0.5) is 0 Å². The minimum Gasteiger partial charge on any atom is -0.478 e. The molecule has 4 heteroatoms. The van der Waals surface area contributed by atoms with Gasteiger partial charge in [0, 0.05) is 16.1 Å². The van der Waals surface area contributed by atoms with Crippen molar-refractivity contribution in [3.8, 4) is 11.5 Å². The van der Waals surface area contributed by atoms with Crippen LogP contribution in [0.15, 0.2) is 53.0 Å². The third-order valence-electron chi connectivity index (χ3n) is 2.68. The highest BCUT2D eigenvalue weighted by atomic mass is 79.9. The van der Waals surface area contributed by atoms with Crippen LogP contribution in [0.25, 0.3) is 6.08 Å². The second kappa shape index (κ2) is 6.39. The lowest BCUT2D eigenvalue weighted by Gasteiger charge is -2.11. The molecule has 0 bridgehead atoms. The molecule has 0 amide bonds. The number of aryl methyl sites for hydroxylation is 1. The molecule has 0 saturated carbocycles. The molecule has 102 valence electrons. The summed E-state index contributed by atoms with van der Waals surface area (Å²) in [5, 5.41) is 8.70. The van der Waals surface area contributed by atoms with Gasteiger partial charge in [-0.15, -0.1) is 0 Å². The van der Waals surface area contributed by atoms with Gasteiger partial charge < -0.3 is 9.84 Å². The van der Waals surface area contributed by atoms with E-state index in [-0.39, 0.29) is 0 Å². The molecule has 0 aliphatic rings. The molecule has 0 spiro atoms. The number of hydrogen-bond donors (Lipinski definition) is 1. The molecule has 0 heterocycles. The Bertz CT molecular complexity index is 663. The second-order valence-electron chi connectivity index (χ2n) is 4.22. The molecule has 0 aliphatic carbocycles. The molecule has 0 radical (unpaired) electrons. The number of ether oxygens (including phenoxy) is 1. The summed E-state index contributed by atoms with van der Waals surface area (Å²) >= 11 is 3.40. The molecule has 2 rings (SSSR count). The van der Waals surface area contributed by atoms with Crippen molar-refractivity contribution in [3.05, 3.63) is 64.1 Å². The highest BCUT2D eigenvalue weighted by Crippen LogP contribution is 2.30. The summed E-state index contributed by atoms with van der Waals surface area (Å²) in [5.41, 5.74) is 1.72. The summed E-state index contributed by atoms with van der Waals surface area (Å²) in [4.78, 5) is 10.6. The molecule has 0 atom stereocenters. The van der Waals surface area contributed by atoms with E-state index in [4.69, 9.17) is 9.84 Å². The number of benzene rings is 2. The van der Waals surface area contributed by atoms with Crippen LogP contribution in [0.3, 0.4) is 0 Å². The van der Waals surface area contributed by atoms with Crippen LogP contribution in [-0.2, 0) is 4.79 Å². The number of rotatable bonds is 4. The monoisotopic (exact) mass is 332 g/mol. The number of carboxylic acid groups (broad SMARTS) is 1. The Labute approximate surface area is 125 Å². The zero-order valence-electron chi connectivity index (χ0n) is 10.8. The molecule has 20 heavy (non-hydrogen) atoms. The number of para-hydroxylation sites is 1. The maximum atomic E-state index is 10.6. The Morgan fingerprint density at radius 3 is 2.65 bits per heavy atom. The number of hydrogen-bond acceptors (Lipinski definition) is 2. The molecule has 0 fully saturated rings. The summed E-state index contributed by atoms with van der Waals surface area (Å²) in [5.74, 6) is 0.374. The molecular weight excluding hydrogens is 320 g/mol. The fourth-order valence-corrected chi connectivity index (χ4v) is 2.19. The summed E-state index contributed by atoms with van der Waals surface area (Å²) in [6.07, 6.45) is 2.61. The second-order valence-corrected chi connectivity index (χ2v) is 5.14. The van der Waals surface area contributed by atoms with Crippen molar-refractivity contribution in [1.29, 1.82) is 0 Å². The fraction of sp³-hybridized carbons (Fsp3) is 0.0625. The Morgan fingerprint density at radius 2 is 1.95 bits per heavy atom. The molecule has 0 aliphatic heterocycles. The van der Waals surface area contributed by atoms with Crippen LogP contribution in [0.1, 0.15) is 11.1 Å². The van der Waals surface area contributed by atoms with Gasteiger partial charge in [0.2, 0.25) is 0 Å². The minimum absolute atomic E-state index is 0.621. The van der Waals surface area contributed by atoms with E-state index in [0.717, 1.165) is 27.4 Å². The van der Waals surface area contributed by atoms with Gasteiger partial charge in [-0.05, 0) is 42.8 Å². The molecule has 0 unspecified atom stereocenters. The topological polar surface area (TPSA) is 46.5 Å². The average Bonchev–Trinajstić information content (AvgIpc) is 2.41. The third kappa shape index (κ3) is 3.71. The van der Waals surface area contributed by atoms with E-state index in [9.17, 15) is 4.79 Å². The quantitative estimate of drug-likeness (QED) is 0.829. The van der Waals surface area contributed by atoms with E-state index in [0.29, 0.717) is 5.75 Å². The van der Waals surface area contributed by atoms with E-state index in [1.807, 2.05) is 49.4 Å². The highest BCUT2D eigenvalue weighted by molar-refractivity contribution is 9.10. The van der Waals surface area contributed by atoms with Gasteiger partial charge in [0.15, 0.2) is 0 Å². The van der Waals surface area contributed by atoms with E-state index in [2.05, 4.69) is 15.9 Å². The minimum atomic E-state index is -0.986. The number of halogens is 1. The Balaban J connectivity index is 2.31. The van der Waals surface area contributed by atoms with Crippen molar-refractivity contribution >= 4 is 28.0 Å². The van der Waals surface area contributed by atoms with Gasteiger partial charge in [-0.2, -0.15) is 0 Å². The van der Waals surface area contributed by atoms with Gasteiger partial charge in [-0.3, -0.25) is 0 Å². The first-order chi connectivity index (χ1) is 9.56. The van der Waals surface area contributed by atoms with Crippen LogP contribution in [0.5, 0.6) is 11.5 Å². The molecular formula is C16H13BrO3. The van der Waals surface area contributed by atoms with Gasteiger partial charge in [-0.25, -0.2) is 4.79 Å². The molecule has 0 saturated heterocycles. The van der Waals surface area contributed by atoms with Crippen molar-refractivity contribution in [2.45, 2.75) is 6.92 Å². The summed E-state index contributed by atoms with van der Waals surface area (Å²) < 4.78 is 6.85. The van der Waals surface area contributed by atoms with Crippen LogP contribution < -0.4 is 4.74 Å². The highest BCUT2D eigenvalue weighted by Gasteiger charge is 2.05. The largest absolute Gasteiger partial charge is 0.478 e. The van der Waals surface area contributed by atoms with Gasteiger partial charge >= 0.3 is 5.97 Å². The first-order valence-corrected chi connectivity index (χ1v) is 6.79. The zero-order valence-corrected chi connectivity index (χ0v) is 12.4.